The molecule has 0 aliphatic carbocycles. The third kappa shape index (κ3) is 1.92. The van der Waals surface area contributed by atoms with Crippen LogP contribution in [-0.2, 0) is 4.79 Å². The lowest BCUT2D eigenvalue weighted by molar-refractivity contribution is -0.119. The number of rotatable bonds is 2. The van der Waals surface area contributed by atoms with Crippen LogP contribution in [0, 0.1) is 6.92 Å². The zero-order valence-electron chi connectivity index (χ0n) is 10.2. The lowest BCUT2D eigenvalue weighted by atomic mass is 9.92. The van der Waals surface area contributed by atoms with Crippen LogP contribution in [0.15, 0.2) is 46.9 Å². The average molecular weight is 241 g/mol. The van der Waals surface area contributed by atoms with Gasteiger partial charge in [-0.1, -0.05) is 30.3 Å². The summed E-state index contributed by atoms with van der Waals surface area (Å²) in [5, 5.41) is 3.03. The van der Waals surface area contributed by atoms with Crippen molar-refractivity contribution < 1.29 is 9.21 Å². The first kappa shape index (κ1) is 11.1. The van der Waals surface area contributed by atoms with Gasteiger partial charge in [-0.2, -0.15) is 0 Å². The molecule has 1 saturated heterocycles. The van der Waals surface area contributed by atoms with E-state index in [4.69, 9.17) is 4.42 Å². The first-order chi connectivity index (χ1) is 8.74. The fraction of sp³-hybridized carbons (Fsp3) is 0.267. The second-order valence-corrected chi connectivity index (χ2v) is 4.71. The predicted octanol–water partition coefficient (Wildman–Crippen LogP) is 2.93. The van der Waals surface area contributed by atoms with Crippen molar-refractivity contribution in [2.45, 2.75) is 25.3 Å². The van der Waals surface area contributed by atoms with E-state index in [2.05, 4.69) is 5.32 Å². The predicted molar refractivity (Wildman–Crippen MR) is 68.1 cm³/mol. The molecule has 1 aliphatic heterocycles. The highest BCUT2D eigenvalue weighted by atomic mass is 16.3. The topological polar surface area (TPSA) is 42.2 Å². The Morgan fingerprint density at radius 3 is 2.61 bits per heavy atom. The highest BCUT2D eigenvalue weighted by Gasteiger charge is 2.36. The number of aryl methyl sites for hydroxylation is 1. The smallest absolute Gasteiger partial charge is 0.221 e. The molecule has 3 rings (SSSR count). The molecule has 1 aromatic carbocycles. The van der Waals surface area contributed by atoms with Crippen LogP contribution < -0.4 is 5.32 Å². The molecule has 18 heavy (non-hydrogen) atoms. The normalized spacial score (nSPS) is 23.1. The molecule has 1 fully saturated rings. The molecule has 0 saturated carbocycles. The second-order valence-electron chi connectivity index (χ2n) is 4.71. The summed E-state index contributed by atoms with van der Waals surface area (Å²) in [5.74, 6) is 1.95. The number of hydrogen-bond donors (Lipinski definition) is 1. The van der Waals surface area contributed by atoms with Crippen molar-refractivity contribution in [2.24, 2.45) is 0 Å². The van der Waals surface area contributed by atoms with Crippen LogP contribution in [0.4, 0.5) is 0 Å². The van der Waals surface area contributed by atoms with E-state index in [1.807, 2.05) is 49.4 Å². The third-order valence-corrected chi connectivity index (χ3v) is 3.41. The fourth-order valence-corrected chi connectivity index (χ4v) is 2.54. The van der Waals surface area contributed by atoms with Crippen molar-refractivity contribution in [2.75, 3.05) is 0 Å². The molecule has 3 heteroatoms. The van der Waals surface area contributed by atoms with Gasteiger partial charge in [0, 0.05) is 6.42 Å². The summed E-state index contributed by atoms with van der Waals surface area (Å²) in [5.41, 5.74) is 1.13. The van der Waals surface area contributed by atoms with E-state index in [1.165, 1.54) is 0 Å². The van der Waals surface area contributed by atoms with Gasteiger partial charge in [-0.3, -0.25) is 4.79 Å². The Morgan fingerprint density at radius 1 is 1.17 bits per heavy atom. The summed E-state index contributed by atoms with van der Waals surface area (Å²) in [7, 11) is 0. The summed E-state index contributed by atoms with van der Waals surface area (Å²) in [4.78, 5) is 11.7. The fourth-order valence-electron chi connectivity index (χ4n) is 2.54. The summed E-state index contributed by atoms with van der Waals surface area (Å²) in [6.07, 6.45) is 0.493. The zero-order valence-corrected chi connectivity index (χ0v) is 10.2. The standard InChI is InChI=1S/C15H15NO2/c1-10-7-8-13(18-10)12-9-14(17)16-15(12)11-5-3-2-4-6-11/h2-8,12,15H,9H2,1H3,(H,16,17). The highest BCUT2D eigenvalue weighted by molar-refractivity contribution is 5.80. The molecular formula is C15H15NO2. The van der Waals surface area contributed by atoms with Gasteiger partial charge in [0.1, 0.15) is 11.5 Å². The molecule has 2 aromatic rings. The Hall–Kier alpha value is -2.03. The first-order valence-electron chi connectivity index (χ1n) is 6.14. The molecule has 1 N–H and O–H groups in total. The van der Waals surface area contributed by atoms with Gasteiger partial charge in [-0.25, -0.2) is 0 Å². The quantitative estimate of drug-likeness (QED) is 0.878. The van der Waals surface area contributed by atoms with Gasteiger partial charge >= 0.3 is 0 Å². The van der Waals surface area contributed by atoms with E-state index < -0.39 is 0 Å². The Kier molecular flexibility index (Phi) is 2.67. The molecular weight excluding hydrogens is 226 g/mol. The summed E-state index contributed by atoms with van der Waals surface area (Å²) in [6.45, 7) is 1.92. The average Bonchev–Trinajstić information content (AvgIpc) is 2.96. The molecule has 0 bridgehead atoms. The molecule has 2 atom stereocenters. The maximum absolute atomic E-state index is 11.7. The summed E-state index contributed by atoms with van der Waals surface area (Å²) < 4.78 is 5.68. The Bertz CT molecular complexity index is 559. The second kappa shape index (κ2) is 4.33. The van der Waals surface area contributed by atoms with E-state index in [1.54, 1.807) is 0 Å². The number of furan rings is 1. The number of carbonyl (C=O) groups is 1. The van der Waals surface area contributed by atoms with E-state index >= 15 is 0 Å². The Balaban J connectivity index is 1.95. The number of carbonyl (C=O) groups excluding carboxylic acids is 1. The number of hydrogen-bond acceptors (Lipinski definition) is 2. The lowest BCUT2D eigenvalue weighted by Gasteiger charge is -2.17. The highest BCUT2D eigenvalue weighted by Crippen LogP contribution is 2.38. The molecule has 1 aromatic heterocycles. The minimum absolute atomic E-state index is 0.0178. The van der Waals surface area contributed by atoms with Crippen molar-refractivity contribution in [1.29, 1.82) is 0 Å². The van der Waals surface area contributed by atoms with Gasteiger partial charge in [-0.15, -0.1) is 0 Å². The molecule has 1 amide bonds. The van der Waals surface area contributed by atoms with E-state index in [9.17, 15) is 4.79 Å². The maximum atomic E-state index is 11.7. The van der Waals surface area contributed by atoms with Crippen LogP contribution in [-0.4, -0.2) is 5.91 Å². The zero-order chi connectivity index (χ0) is 12.5. The Labute approximate surface area is 106 Å². The first-order valence-corrected chi connectivity index (χ1v) is 6.14. The van der Waals surface area contributed by atoms with E-state index in [0.29, 0.717) is 6.42 Å². The van der Waals surface area contributed by atoms with Crippen LogP contribution in [0.3, 0.4) is 0 Å². The SMILES string of the molecule is Cc1ccc(C2CC(=O)NC2c2ccccc2)o1. The maximum Gasteiger partial charge on any atom is 0.221 e. The molecule has 92 valence electrons. The van der Waals surface area contributed by atoms with Crippen LogP contribution in [0.25, 0.3) is 0 Å². The minimum atomic E-state index is 0.0178. The molecule has 1 aliphatic rings. The van der Waals surface area contributed by atoms with Crippen molar-refractivity contribution in [3.05, 3.63) is 59.5 Å². The largest absolute Gasteiger partial charge is 0.466 e. The van der Waals surface area contributed by atoms with Crippen molar-refractivity contribution in [3.63, 3.8) is 0 Å². The molecule has 3 nitrogen and oxygen atoms in total. The van der Waals surface area contributed by atoms with E-state index in [-0.39, 0.29) is 17.9 Å². The number of amides is 1. The van der Waals surface area contributed by atoms with Gasteiger partial charge in [0.25, 0.3) is 0 Å². The summed E-state index contributed by atoms with van der Waals surface area (Å²) >= 11 is 0. The van der Waals surface area contributed by atoms with Crippen molar-refractivity contribution in [1.82, 2.24) is 5.32 Å². The van der Waals surface area contributed by atoms with Gasteiger partial charge in [0.2, 0.25) is 5.91 Å². The summed E-state index contributed by atoms with van der Waals surface area (Å²) in [6, 6.07) is 14.0. The van der Waals surface area contributed by atoms with Crippen molar-refractivity contribution in [3.8, 4) is 0 Å². The lowest BCUT2D eigenvalue weighted by Crippen LogP contribution is -2.20. The van der Waals surface area contributed by atoms with Crippen LogP contribution in [0.5, 0.6) is 0 Å². The number of benzene rings is 1. The van der Waals surface area contributed by atoms with Crippen LogP contribution in [0.2, 0.25) is 0 Å². The van der Waals surface area contributed by atoms with Gasteiger partial charge in [-0.05, 0) is 24.6 Å². The van der Waals surface area contributed by atoms with Gasteiger partial charge < -0.3 is 9.73 Å². The van der Waals surface area contributed by atoms with Crippen LogP contribution in [0.1, 0.15) is 35.5 Å². The van der Waals surface area contributed by atoms with Gasteiger partial charge in [0.15, 0.2) is 0 Å². The Morgan fingerprint density at radius 2 is 1.94 bits per heavy atom. The van der Waals surface area contributed by atoms with Crippen LogP contribution >= 0.6 is 0 Å². The molecule has 2 heterocycles. The monoisotopic (exact) mass is 241 g/mol. The third-order valence-electron chi connectivity index (χ3n) is 3.41. The molecule has 2 unspecified atom stereocenters. The minimum Gasteiger partial charge on any atom is -0.466 e. The van der Waals surface area contributed by atoms with Gasteiger partial charge in [0.05, 0.1) is 12.0 Å². The molecule has 0 radical (unpaired) electrons. The van der Waals surface area contributed by atoms with E-state index in [0.717, 1.165) is 17.1 Å². The van der Waals surface area contributed by atoms with Crippen molar-refractivity contribution >= 4 is 5.91 Å². The molecule has 0 spiro atoms. The number of nitrogens with one attached hydrogen (secondary N) is 1.